The van der Waals surface area contributed by atoms with E-state index in [9.17, 15) is 20.1 Å². The molecule has 0 saturated heterocycles. The lowest BCUT2D eigenvalue weighted by molar-refractivity contribution is -0.284. The predicted molar refractivity (Wildman–Crippen MR) is 137 cm³/mol. The van der Waals surface area contributed by atoms with Crippen LogP contribution in [0.3, 0.4) is 0 Å². The zero-order valence-electron chi connectivity index (χ0n) is 23.0. The van der Waals surface area contributed by atoms with Gasteiger partial charge in [-0.15, -0.1) is 0 Å². The van der Waals surface area contributed by atoms with Crippen molar-refractivity contribution in [3.05, 3.63) is 12.2 Å². The Balaban J connectivity index is 1.69. The van der Waals surface area contributed by atoms with Crippen molar-refractivity contribution in [3.8, 4) is 0 Å². The fourth-order valence-electron chi connectivity index (χ4n) is 9.28. The number of rotatable bonds is 5. The summed E-state index contributed by atoms with van der Waals surface area (Å²) in [6.07, 6.45) is 8.09. The molecule has 12 unspecified atom stereocenters. The molecule has 0 aromatic carbocycles. The first-order valence-electron chi connectivity index (χ1n) is 14.2. The third-order valence-electron chi connectivity index (χ3n) is 11.5. The number of fused-ring (bicyclic) bond motifs is 5. The van der Waals surface area contributed by atoms with Gasteiger partial charge in [-0.05, 0) is 79.4 Å². The molecule has 200 valence electrons. The Morgan fingerprint density at radius 1 is 1.03 bits per heavy atom. The lowest BCUT2D eigenvalue weighted by Gasteiger charge is -2.66. The van der Waals surface area contributed by atoms with E-state index in [0.717, 1.165) is 19.3 Å². The molecule has 12 atom stereocenters. The third-order valence-corrected chi connectivity index (χ3v) is 11.5. The van der Waals surface area contributed by atoms with Gasteiger partial charge in [0, 0.05) is 24.7 Å². The molecule has 0 aromatic rings. The molecule has 4 aliphatic rings. The first-order valence-corrected chi connectivity index (χ1v) is 14.2. The quantitative estimate of drug-likeness (QED) is 0.368. The molecule has 0 bridgehead atoms. The number of hydrogen-bond donors (Lipinski definition) is 3. The molecule has 0 radical (unpaired) electrons. The van der Waals surface area contributed by atoms with Crippen molar-refractivity contribution in [1.29, 1.82) is 0 Å². The molecule has 5 nitrogen and oxygen atoms in total. The van der Waals surface area contributed by atoms with E-state index in [4.69, 9.17) is 4.74 Å². The molecular formula is C30H50O5. The Morgan fingerprint density at radius 3 is 2.34 bits per heavy atom. The highest BCUT2D eigenvalue weighted by atomic mass is 16.5. The maximum absolute atomic E-state index is 12.3. The van der Waals surface area contributed by atoms with Gasteiger partial charge in [0.25, 0.3) is 0 Å². The first-order chi connectivity index (χ1) is 16.2. The van der Waals surface area contributed by atoms with Crippen LogP contribution in [0.4, 0.5) is 0 Å². The summed E-state index contributed by atoms with van der Waals surface area (Å²) in [7, 11) is 0. The van der Waals surface area contributed by atoms with Gasteiger partial charge in [0.15, 0.2) is 0 Å². The van der Waals surface area contributed by atoms with Crippen molar-refractivity contribution in [1.82, 2.24) is 0 Å². The van der Waals surface area contributed by atoms with Crippen LogP contribution in [-0.4, -0.2) is 45.2 Å². The van der Waals surface area contributed by atoms with Crippen LogP contribution in [0.25, 0.3) is 0 Å². The summed E-state index contributed by atoms with van der Waals surface area (Å²) in [6, 6.07) is 0. The number of allylic oxidation sites excluding steroid dienone is 2. The van der Waals surface area contributed by atoms with E-state index < -0.39 is 23.2 Å². The van der Waals surface area contributed by atoms with Crippen molar-refractivity contribution in [2.45, 2.75) is 117 Å². The summed E-state index contributed by atoms with van der Waals surface area (Å²) >= 11 is 0. The fraction of sp³-hybridized carbons (Fsp3) is 0.900. The predicted octanol–water partition coefficient (Wildman–Crippen LogP) is 5.12. The maximum atomic E-state index is 12.3. The Kier molecular flexibility index (Phi) is 7.32. The number of aliphatic hydroxyl groups excluding tert-OH is 2. The molecule has 0 heterocycles. The minimum absolute atomic E-state index is 0.00376. The summed E-state index contributed by atoms with van der Waals surface area (Å²) in [5.74, 6) is 2.46. The average Bonchev–Trinajstić information content (AvgIpc) is 3.10. The Hall–Kier alpha value is -0.910. The number of ether oxygens (including phenoxy) is 1. The van der Waals surface area contributed by atoms with Gasteiger partial charge < -0.3 is 20.1 Å². The van der Waals surface area contributed by atoms with Crippen LogP contribution in [-0.2, 0) is 9.53 Å². The topological polar surface area (TPSA) is 87.0 Å². The van der Waals surface area contributed by atoms with Crippen LogP contribution in [0.2, 0.25) is 0 Å². The highest BCUT2D eigenvalue weighted by molar-refractivity contribution is 5.66. The van der Waals surface area contributed by atoms with Gasteiger partial charge in [0.1, 0.15) is 6.10 Å². The molecule has 0 aliphatic heterocycles. The number of esters is 1. The Morgan fingerprint density at radius 2 is 1.71 bits per heavy atom. The second kappa shape index (κ2) is 9.44. The average molecular weight is 491 g/mol. The second-order valence-electron chi connectivity index (χ2n) is 13.7. The SMILES string of the molecule is CC(=O)OC1CC2(C)C(C(C)C=CC(C)C(C)C)CCC2C2CC(O)C3(O)CC(O)CCC3(C)C12. The van der Waals surface area contributed by atoms with Gasteiger partial charge in [-0.1, -0.05) is 53.7 Å². The van der Waals surface area contributed by atoms with Crippen LogP contribution < -0.4 is 0 Å². The monoisotopic (exact) mass is 490 g/mol. The van der Waals surface area contributed by atoms with Crippen molar-refractivity contribution in [3.63, 3.8) is 0 Å². The van der Waals surface area contributed by atoms with Crippen molar-refractivity contribution < 1.29 is 24.9 Å². The van der Waals surface area contributed by atoms with Gasteiger partial charge in [0.2, 0.25) is 0 Å². The van der Waals surface area contributed by atoms with Gasteiger partial charge in [0.05, 0.1) is 17.8 Å². The largest absolute Gasteiger partial charge is 0.462 e. The van der Waals surface area contributed by atoms with E-state index in [1.54, 1.807) is 0 Å². The fourth-order valence-corrected chi connectivity index (χ4v) is 9.28. The van der Waals surface area contributed by atoms with Crippen LogP contribution in [0.1, 0.15) is 93.4 Å². The minimum Gasteiger partial charge on any atom is -0.462 e. The second-order valence-corrected chi connectivity index (χ2v) is 13.7. The summed E-state index contributed by atoms with van der Waals surface area (Å²) in [5.41, 5.74) is -1.92. The minimum atomic E-state index is -1.35. The third kappa shape index (κ3) is 4.32. The molecule has 0 spiro atoms. The van der Waals surface area contributed by atoms with E-state index in [0.29, 0.717) is 48.9 Å². The van der Waals surface area contributed by atoms with Crippen LogP contribution in [0.15, 0.2) is 12.2 Å². The van der Waals surface area contributed by atoms with E-state index in [2.05, 4.69) is 53.7 Å². The van der Waals surface area contributed by atoms with E-state index in [1.165, 1.54) is 6.92 Å². The molecular weight excluding hydrogens is 440 g/mol. The summed E-state index contributed by atoms with van der Waals surface area (Å²) in [5, 5.41) is 33.6. The molecule has 4 saturated carbocycles. The Bertz CT molecular complexity index is 824. The van der Waals surface area contributed by atoms with E-state index in [-0.39, 0.29) is 35.7 Å². The normalized spacial score (nSPS) is 49.3. The smallest absolute Gasteiger partial charge is 0.302 e. The zero-order valence-corrected chi connectivity index (χ0v) is 23.0. The molecule has 0 aromatic heterocycles. The first kappa shape index (κ1) is 27.1. The highest BCUT2D eigenvalue weighted by Gasteiger charge is 2.70. The Labute approximate surface area is 212 Å². The van der Waals surface area contributed by atoms with Gasteiger partial charge >= 0.3 is 5.97 Å². The van der Waals surface area contributed by atoms with Crippen molar-refractivity contribution in [2.75, 3.05) is 0 Å². The van der Waals surface area contributed by atoms with E-state index >= 15 is 0 Å². The summed E-state index contributed by atoms with van der Waals surface area (Å²) < 4.78 is 6.10. The standard InChI is InChI=1S/C30H50O5/c1-17(2)18(3)8-9-19(4)23-10-11-24-22-14-26(33)30(34)15-21(32)12-13-29(30,7)27(22)25(35-20(5)31)16-28(23,24)6/h8-9,17-19,21-27,32-34H,10-16H2,1-7H3. The molecule has 4 fully saturated rings. The lowest BCUT2D eigenvalue weighted by Crippen LogP contribution is -2.71. The van der Waals surface area contributed by atoms with E-state index in [1.807, 2.05) is 0 Å². The molecule has 35 heavy (non-hydrogen) atoms. The number of carbonyl (C=O) groups excluding carboxylic acids is 1. The molecule has 3 N–H and O–H groups in total. The van der Waals surface area contributed by atoms with Crippen LogP contribution in [0, 0.1) is 52.3 Å². The van der Waals surface area contributed by atoms with Crippen molar-refractivity contribution in [2.24, 2.45) is 52.3 Å². The molecule has 0 amide bonds. The number of hydrogen-bond acceptors (Lipinski definition) is 5. The van der Waals surface area contributed by atoms with Gasteiger partial charge in [-0.2, -0.15) is 0 Å². The van der Waals surface area contributed by atoms with Crippen LogP contribution >= 0.6 is 0 Å². The lowest BCUT2D eigenvalue weighted by atomic mass is 9.41. The van der Waals surface area contributed by atoms with Gasteiger partial charge in [-0.3, -0.25) is 4.79 Å². The maximum Gasteiger partial charge on any atom is 0.302 e. The molecule has 4 rings (SSSR count). The number of carbonyl (C=O) groups is 1. The number of aliphatic hydroxyl groups is 3. The zero-order chi connectivity index (χ0) is 25.9. The summed E-state index contributed by atoms with van der Waals surface area (Å²) in [6.45, 7) is 15.1. The van der Waals surface area contributed by atoms with Crippen molar-refractivity contribution >= 4 is 5.97 Å². The summed E-state index contributed by atoms with van der Waals surface area (Å²) in [4.78, 5) is 12.3. The highest BCUT2D eigenvalue weighted by Crippen LogP contribution is 2.69. The molecule has 4 aliphatic carbocycles. The van der Waals surface area contributed by atoms with Crippen LogP contribution in [0.5, 0.6) is 0 Å². The van der Waals surface area contributed by atoms with Gasteiger partial charge in [-0.25, -0.2) is 0 Å². The molecule has 5 heteroatoms.